The molecule has 260 valence electrons. The summed E-state index contributed by atoms with van der Waals surface area (Å²) in [5.41, 5.74) is 1.16. The predicted molar refractivity (Wildman–Crippen MR) is 178 cm³/mol. The Kier molecular flexibility index (Phi) is 33.5. The molecule has 0 rings (SSSR count). The molecule has 0 aliphatic carbocycles. The van der Waals surface area contributed by atoms with E-state index < -0.39 is 0 Å². The molecule has 0 aliphatic rings. The third-order valence-corrected chi connectivity index (χ3v) is 5.81. The van der Waals surface area contributed by atoms with Crippen molar-refractivity contribution in [3.63, 3.8) is 0 Å². The van der Waals surface area contributed by atoms with Crippen LogP contribution in [-0.4, -0.2) is 108 Å². The standard InChI is InChI=1S/C16H29N2O5P.C13H25N2O5P/c1-13(2)15(20)4-3-8-22-10-11-23-9-7-17-16(21)6-5-14(19)12-18-24;1-11(2)12(16)4-3-6-18-8-9-19-7-5-14-13(17)10-20-15-21/h18H,1,3-12,24H2,2H3,(H,17,21);15H,1,3-10,21H2,2H3,(H,14,17). The number of rotatable bonds is 30. The molecule has 2 unspecified atom stereocenters. The van der Waals surface area contributed by atoms with Crippen LogP contribution in [0.1, 0.15) is 52.4 Å². The summed E-state index contributed by atoms with van der Waals surface area (Å²) < 4.78 is 21.2. The highest BCUT2D eigenvalue weighted by Gasteiger charge is 2.06. The van der Waals surface area contributed by atoms with Gasteiger partial charge in [0.2, 0.25) is 11.8 Å². The van der Waals surface area contributed by atoms with Crippen molar-refractivity contribution in [1.82, 2.24) is 21.0 Å². The van der Waals surface area contributed by atoms with Gasteiger partial charge in [0, 0.05) is 52.0 Å². The molecule has 2 amide bonds. The SMILES string of the molecule is C=C(C)C(=O)CCCOCCOCCNC(=O)CCC(=O)CNP.C=C(C)C(=O)CCCOCCOCCNC(=O)CONP. The van der Waals surface area contributed by atoms with Crippen LogP contribution in [0.15, 0.2) is 24.3 Å². The van der Waals surface area contributed by atoms with Gasteiger partial charge in [-0.25, -0.2) is 0 Å². The molecular weight excluding hydrogens is 626 g/mol. The molecule has 2 atom stereocenters. The van der Waals surface area contributed by atoms with Crippen molar-refractivity contribution in [2.75, 3.05) is 79.1 Å². The molecule has 4 N–H and O–H groups in total. The molecule has 0 aliphatic heterocycles. The smallest absolute Gasteiger partial charge is 0.248 e. The zero-order chi connectivity index (χ0) is 34.1. The van der Waals surface area contributed by atoms with Gasteiger partial charge in [-0.3, -0.25) is 33.9 Å². The summed E-state index contributed by atoms with van der Waals surface area (Å²) in [5.74, 6) is -0.233. The Balaban J connectivity index is 0. The molecule has 0 saturated heterocycles. The summed E-state index contributed by atoms with van der Waals surface area (Å²) in [6.45, 7) is 15.3. The minimum absolute atomic E-state index is 0.00139. The van der Waals surface area contributed by atoms with E-state index in [4.69, 9.17) is 18.9 Å². The molecule has 14 nitrogen and oxygen atoms in total. The topological polar surface area (TPSA) is 180 Å². The van der Waals surface area contributed by atoms with Gasteiger partial charge in [-0.1, -0.05) is 22.5 Å². The van der Waals surface area contributed by atoms with Gasteiger partial charge in [0.1, 0.15) is 12.4 Å². The number of ether oxygens (including phenoxy) is 4. The Morgan fingerprint density at radius 1 is 0.600 bits per heavy atom. The fourth-order valence-electron chi connectivity index (χ4n) is 2.97. The molecule has 0 fully saturated rings. The van der Waals surface area contributed by atoms with Crippen LogP contribution in [-0.2, 0) is 47.8 Å². The molecule has 0 aromatic carbocycles. The van der Waals surface area contributed by atoms with Gasteiger partial charge >= 0.3 is 0 Å². The highest BCUT2D eigenvalue weighted by atomic mass is 31.0. The van der Waals surface area contributed by atoms with Crippen molar-refractivity contribution >= 4 is 47.9 Å². The number of carbonyl (C=O) groups excluding carboxylic acids is 5. The Morgan fingerprint density at radius 2 is 1.04 bits per heavy atom. The van der Waals surface area contributed by atoms with Crippen molar-refractivity contribution in [1.29, 1.82) is 0 Å². The number of nitrogens with one attached hydrogen (secondary N) is 4. The molecule has 0 bridgehead atoms. The molecule has 0 spiro atoms. The van der Waals surface area contributed by atoms with Crippen LogP contribution >= 0.6 is 18.8 Å². The lowest BCUT2D eigenvalue weighted by Gasteiger charge is -2.07. The van der Waals surface area contributed by atoms with E-state index in [0.29, 0.717) is 103 Å². The van der Waals surface area contributed by atoms with Crippen molar-refractivity contribution in [2.45, 2.75) is 52.4 Å². The normalized spacial score (nSPS) is 10.4. The summed E-state index contributed by atoms with van der Waals surface area (Å²) >= 11 is 0. The van der Waals surface area contributed by atoms with Crippen LogP contribution in [0.3, 0.4) is 0 Å². The van der Waals surface area contributed by atoms with E-state index in [9.17, 15) is 24.0 Å². The van der Waals surface area contributed by atoms with Gasteiger partial charge in [0.25, 0.3) is 0 Å². The average Bonchev–Trinajstić information content (AvgIpc) is 3.00. The maximum absolute atomic E-state index is 11.5. The second-order valence-electron chi connectivity index (χ2n) is 9.59. The number of hydrogen-bond donors (Lipinski definition) is 4. The third kappa shape index (κ3) is 34.7. The predicted octanol–water partition coefficient (Wildman–Crippen LogP) is 1.16. The number of hydrogen-bond acceptors (Lipinski definition) is 12. The van der Waals surface area contributed by atoms with Gasteiger partial charge in [-0.15, -0.1) is 0 Å². The lowest BCUT2D eigenvalue weighted by atomic mass is 10.1. The summed E-state index contributed by atoms with van der Waals surface area (Å²) in [7, 11) is 4.38. The monoisotopic (exact) mass is 680 g/mol. The molecule has 0 heterocycles. The number of ketones is 3. The van der Waals surface area contributed by atoms with E-state index in [2.05, 4.69) is 57.7 Å². The third-order valence-electron chi connectivity index (χ3n) is 5.43. The van der Waals surface area contributed by atoms with Crippen molar-refractivity contribution < 1.29 is 47.8 Å². The fourth-order valence-corrected chi connectivity index (χ4v) is 3.28. The summed E-state index contributed by atoms with van der Waals surface area (Å²) in [4.78, 5) is 61.0. The first-order chi connectivity index (χ1) is 21.5. The summed E-state index contributed by atoms with van der Waals surface area (Å²) in [6.07, 6.45) is 2.71. The van der Waals surface area contributed by atoms with Crippen LogP contribution in [0, 0.1) is 0 Å². The molecule has 0 aromatic heterocycles. The van der Waals surface area contributed by atoms with Crippen LogP contribution in [0.4, 0.5) is 0 Å². The number of amides is 2. The first kappa shape index (κ1) is 45.1. The Bertz CT molecular complexity index is 878. The van der Waals surface area contributed by atoms with Gasteiger partial charge in [0.05, 0.1) is 46.2 Å². The van der Waals surface area contributed by atoms with Crippen molar-refractivity contribution in [3.05, 3.63) is 24.3 Å². The molecule has 0 aromatic rings. The zero-order valence-electron chi connectivity index (χ0n) is 26.9. The van der Waals surface area contributed by atoms with Crippen molar-refractivity contribution in [3.8, 4) is 0 Å². The molecule has 16 heteroatoms. The zero-order valence-corrected chi connectivity index (χ0v) is 29.2. The molecule has 45 heavy (non-hydrogen) atoms. The van der Waals surface area contributed by atoms with Crippen LogP contribution in [0.25, 0.3) is 0 Å². The lowest BCUT2D eigenvalue weighted by Crippen LogP contribution is -2.31. The first-order valence-electron chi connectivity index (χ1n) is 14.8. The molecule has 0 saturated carbocycles. The van der Waals surface area contributed by atoms with E-state index in [1.807, 2.05) is 0 Å². The Labute approximate surface area is 272 Å². The van der Waals surface area contributed by atoms with Gasteiger partial charge in [-0.05, 0) is 47.2 Å². The van der Waals surface area contributed by atoms with E-state index in [1.54, 1.807) is 13.8 Å². The number of allylic oxidation sites excluding steroid dienone is 2. The van der Waals surface area contributed by atoms with Crippen molar-refractivity contribution in [2.24, 2.45) is 0 Å². The minimum atomic E-state index is -0.216. The second-order valence-corrected chi connectivity index (χ2v) is 10.2. The van der Waals surface area contributed by atoms with Crippen LogP contribution in [0.2, 0.25) is 0 Å². The quantitative estimate of drug-likeness (QED) is 0.0369. The van der Waals surface area contributed by atoms with E-state index >= 15 is 0 Å². The Hall–Kier alpha value is -1.99. The van der Waals surface area contributed by atoms with E-state index in [1.165, 1.54) is 0 Å². The fraction of sp³-hybridized carbons (Fsp3) is 0.690. The number of carbonyl (C=O) groups is 5. The maximum Gasteiger partial charge on any atom is 0.248 e. The molecule has 0 radical (unpaired) electrons. The second kappa shape index (κ2) is 33.4. The minimum Gasteiger partial charge on any atom is -0.379 e. The summed E-state index contributed by atoms with van der Waals surface area (Å²) in [5, 5.41) is 10.3. The van der Waals surface area contributed by atoms with Gasteiger partial charge in [-0.2, -0.15) is 5.25 Å². The Morgan fingerprint density at radius 3 is 1.47 bits per heavy atom. The largest absolute Gasteiger partial charge is 0.379 e. The highest BCUT2D eigenvalue weighted by Crippen LogP contribution is 2.00. The van der Waals surface area contributed by atoms with Gasteiger partial charge < -0.3 is 29.6 Å². The van der Waals surface area contributed by atoms with E-state index in [-0.39, 0.29) is 55.2 Å². The average molecular weight is 681 g/mol. The lowest BCUT2D eigenvalue weighted by molar-refractivity contribution is -0.127. The summed E-state index contributed by atoms with van der Waals surface area (Å²) in [6, 6.07) is 0. The maximum atomic E-state index is 11.5. The van der Waals surface area contributed by atoms with Crippen LogP contribution in [0.5, 0.6) is 0 Å². The number of Topliss-reactive ketones (excluding diaryl/α,β-unsaturated/α-hetero) is 3. The first-order valence-corrected chi connectivity index (χ1v) is 15.9. The van der Waals surface area contributed by atoms with Crippen LogP contribution < -0.4 is 21.0 Å². The highest BCUT2D eigenvalue weighted by molar-refractivity contribution is 7.13. The molecular formula is C29H54N4O10P2. The van der Waals surface area contributed by atoms with Gasteiger partial charge in [0.15, 0.2) is 11.6 Å². The van der Waals surface area contributed by atoms with E-state index in [0.717, 1.165) is 0 Å².